The van der Waals surface area contributed by atoms with E-state index in [2.05, 4.69) is 141 Å². The lowest BCUT2D eigenvalue weighted by Crippen LogP contribution is -2.45. The maximum Gasteiger partial charge on any atom is 0.220 e. The summed E-state index contributed by atoms with van der Waals surface area (Å²) in [5, 5.41) is 22.9. The number of rotatable bonds is 41. The number of amides is 1. The standard InChI is InChI=1S/C54H89NO3/c1-3-5-7-9-11-12-13-14-15-16-17-18-19-20-21-22-23-24-25-26-27-28-29-30-31-32-33-34-35-36-37-38-39-40-41-42-44-46-48-50-54(58)55-52(51-56)53(57)49-47-45-43-10-8-6-4-2/h5,7,11-12,14-15,17-18,20-21,23-24,26-27,29-30,32-33,35-36,52-53,56-57H,3-4,6,8-10,13,16,19,22,25,28,31,34,37-51H2,1-2H3,(H,55,58)/b7-5-,12-11-,15-14-,18-17-,21-20-,24-23-,27-26-,30-29-,33-32-,36-35-. The van der Waals surface area contributed by atoms with Gasteiger partial charge in [0.15, 0.2) is 0 Å². The SMILES string of the molecule is CC/C=C\C/C=C\C/C=C\C/C=C\C/C=C\C/C=C\C/C=C\C/C=C\C/C=C\C/C=C\CCCCCCCCCCC(=O)NC(CO)C(O)CCCCCCCCC. The second-order valence-electron chi connectivity index (χ2n) is 15.4. The van der Waals surface area contributed by atoms with Crippen molar-refractivity contribution >= 4 is 5.91 Å². The van der Waals surface area contributed by atoms with E-state index >= 15 is 0 Å². The lowest BCUT2D eigenvalue weighted by Gasteiger charge is -2.22. The fourth-order valence-corrected chi connectivity index (χ4v) is 6.39. The van der Waals surface area contributed by atoms with Crippen molar-refractivity contribution in [1.29, 1.82) is 0 Å². The van der Waals surface area contributed by atoms with Gasteiger partial charge in [-0.25, -0.2) is 0 Å². The number of aliphatic hydroxyl groups excluding tert-OH is 2. The predicted octanol–water partition coefficient (Wildman–Crippen LogP) is 15.3. The van der Waals surface area contributed by atoms with Crippen molar-refractivity contribution in [1.82, 2.24) is 5.32 Å². The molecule has 0 aliphatic heterocycles. The Morgan fingerprint density at radius 1 is 0.431 bits per heavy atom. The summed E-state index contributed by atoms with van der Waals surface area (Å²) in [5.41, 5.74) is 0. The molecule has 0 rings (SSSR count). The fraction of sp³-hybridized carbons (Fsp3) is 0.611. The Kier molecular flexibility index (Phi) is 45.5. The monoisotopic (exact) mass is 800 g/mol. The van der Waals surface area contributed by atoms with Crippen LogP contribution in [0, 0.1) is 0 Å². The summed E-state index contributed by atoms with van der Waals surface area (Å²) in [6, 6.07) is -0.545. The highest BCUT2D eigenvalue weighted by Gasteiger charge is 2.19. The van der Waals surface area contributed by atoms with Crippen molar-refractivity contribution in [2.75, 3.05) is 6.61 Å². The number of hydrogen-bond acceptors (Lipinski definition) is 3. The Bertz CT molecular complexity index is 1180. The van der Waals surface area contributed by atoms with Crippen LogP contribution >= 0.6 is 0 Å². The fourth-order valence-electron chi connectivity index (χ4n) is 6.39. The maximum absolute atomic E-state index is 12.3. The Morgan fingerprint density at radius 2 is 0.759 bits per heavy atom. The van der Waals surface area contributed by atoms with Gasteiger partial charge in [-0.3, -0.25) is 4.79 Å². The first-order chi connectivity index (χ1) is 28.7. The summed E-state index contributed by atoms with van der Waals surface area (Å²) >= 11 is 0. The average Bonchev–Trinajstić information content (AvgIpc) is 3.23. The van der Waals surface area contributed by atoms with E-state index in [0.717, 1.165) is 96.3 Å². The molecule has 0 aromatic heterocycles. The highest BCUT2D eigenvalue weighted by Crippen LogP contribution is 2.13. The second kappa shape index (κ2) is 48.2. The number of carbonyl (C=O) groups is 1. The van der Waals surface area contributed by atoms with E-state index in [9.17, 15) is 15.0 Å². The van der Waals surface area contributed by atoms with Gasteiger partial charge in [0, 0.05) is 6.42 Å². The van der Waals surface area contributed by atoms with Crippen LogP contribution in [-0.2, 0) is 4.79 Å². The van der Waals surface area contributed by atoms with Crippen molar-refractivity contribution in [3.63, 3.8) is 0 Å². The molecule has 0 aromatic rings. The molecule has 0 spiro atoms. The van der Waals surface area contributed by atoms with Crippen LogP contribution in [0.15, 0.2) is 122 Å². The topological polar surface area (TPSA) is 69.6 Å². The molecule has 2 unspecified atom stereocenters. The quantitative estimate of drug-likeness (QED) is 0.0426. The summed E-state index contributed by atoms with van der Waals surface area (Å²) in [7, 11) is 0. The first-order valence-corrected chi connectivity index (χ1v) is 23.7. The lowest BCUT2D eigenvalue weighted by atomic mass is 10.0. The van der Waals surface area contributed by atoms with Crippen molar-refractivity contribution in [3.05, 3.63) is 122 Å². The molecule has 58 heavy (non-hydrogen) atoms. The van der Waals surface area contributed by atoms with Crippen molar-refractivity contribution < 1.29 is 15.0 Å². The maximum atomic E-state index is 12.3. The number of allylic oxidation sites excluding steroid dienone is 20. The molecule has 4 nitrogen and oxygen atoms in total. The largest absolute Gasteiger partial charge is 0.394 e. The minimum atomic E-state index is -0.667. The molecule has 2 atom stereocenters. The molecular formula is C54H89NO3. The molecule has 0 radical (unpaired) electrons. The van der Waals surface area contributed by atoms with Crippen molar-refractivity contribution in [3.8, 4) is 0 Å². The van der Waals surface area contributed by atoms with Crippen LogP contribution in [0.3, 0.4) is 0 Å². The van der Waals surface area contributed by atoms with Crippen LogP contribution in [-0.4, -0.2) is 34.9 Å². The molecule has 0 saturated carbocycles. The molecule has 0 fully saturated rings. The van der Waals surface area contributed by atoms with Crippen molar-refractivity contribution in [2.45, 2.75) is 206 Å². The van der Waals surface area contributed by atoms with Crippen molar-refractivity contribution in [2.24, 2.45) is 0 Å². The number of carbonyl (C=O) groups excluding carboxylic acids is 1. The van der Waals surface area contributed by atoms with Crippen LogP contribution in [0.5, 0.6) is 0 Å². The van der Waals surface area contributed by atoms with Gasteiger partial charge in [0.1, 0.15) is 0 Å². The molecule has 0 saturated heterocycles. The Hall–Kier alpha value is -3.21. The first kappa shape index (κ1) is 54.8. The molecule has 328 valence electrons. The number of hydrogen-bond donors (Lipinski definition) is 3. The third-order valence-electron chi connectivity index (χ3n) is 9.99. The van der Waals surface area contributed by atoms with E-state index in [-0.39, 0.29) is 12.5 Å². The van der Waals surface area contributed by atoms with Crippen LogP contribution in [0.25, 0.3) is 0 Å². The van der Waals surface area contributed by atoms with Gasteiger partial charge in [-0.15, -0.1) is 0 Å². The number of aliphatic hydroxyl groups is 2. The zero-order valence-electron chi connectivity index (χ0n) is 37.5. The zero-order chi connectivity index (χ0) is 42.1. The van der Waals surface area contributed by atoms with Crippen LogP contribution in [0.1, 0.15) is 194 Å². The average molecular weight is 800 g/mol. The summed E-state index contributed by atoms with van der Waals surface area (Å²) in [6.07, 6.45) is 74.5. The van der Waals surface area contributed by atoms with Gasteiger partial charge in [0.2, 0.25) is 5.91 Å². The minimum absolute atomic E-state index is 0.0506. The lowest BCUT2D eigenvalue weighted by molar-refractivity contribution is -0.123. The van der Waals surface area contributed by atoms with E-state index in [0.29, 0.717) is 12.8 Å². The van der Waals surface area contributed by atoms with Gasteiger partial charge in [-0.2, -0.15) is 0 Å². The molecule has 0 aliphatic rings. The molecule has 1 amide bonds. The van der Waals surface area contributed by atoms with E-state index in [1.165, 1.54) is 70.6 Å². The summed E-state index contributed by atoms with van der Waals surface area (Å²) in [5.74, 6) is -0.0506. The Balaban J connectivity index is 3.61. The molecule has 0 aromatic carbocycles. The Labute approximate surface area is 358 Å². The number of nitrogens with one attached hydrogen (secondary N) is 1. The summed E-state index contributed by atoms with van der Waals surface area (Å²) in [6.45, 7) is 4.18. The Morgan fingerprint density at radius 3 is 1.14 bits per heavy atom. The minimum Gasteiger partial charge on any atom is -0.394 e. The van der Waals surface area contributed by atoms with Gasteiger partial charge < -0.3 is 15.5 Å². The van der Waals surface area contributed by atoms with Crippen LogP contribution in [0.4, 0.5) is 0 Å². The molecule has 0 bridgehead atoms. The number of unbranched alkanes of at least 4 members (excludes halogenated alkanes) is 14. The van der Waals surface area contributed by atoms with Gasteiger partial charge in [-0.05, 0) is 89.9 Å². The zero-order valence-corrected chi connectivity index (χ0v) is 37.5. The van der Waals surface area contributed by atoms with Crippen LogP contribution < -0.4 is 5.32 Å². The second-order valence-corrected chi connectivity index (χ2v) is 15.4. The highest BCUT2D eigenvalue weighted by molar-refractivity contribution is 5.76. The van der Waals surface area contributed by atoms with Crippen LogP contribution in [0.2, 0.25) is 0 Å². The van der Waals surface area contributed by atoms with Gasteiger partial charge in [-0.1, -0.05) is 219 Å². The first-order valence-electron chi connectivity index (χ1n) is 23.7. The van der Waals surface area contributed by atoms with Gasteiger partial charge in [0.25, 0.3) is 0 Å². The van der Waals surface area contributed by atoms with E-state index in [1.807, 2.05) is 0 Å². The summed E-state index contributed by atoms with van der Waals surface area (Å²) < 4.78 is 0. The molecule has 0 aliphatic carbocycles. The third-order valence-corrected chi connectivity index (χ3v) is 9.99. The smallest absolute Gasteiger partial charge is 0.220 e. The van der Waals surface area contributed by atoms with Gasteiger partial charge >= 0.3 is 0 Å². The molecule has 3 N–H and O–H groups in total. The van der Waals surface area contributed by atoms with E-state index < -0.39 is 12.1 Å². The molecule has 4 heteroatoms. The normalized spacial score (nSPS) is 14.1. The van der Waals surface area contributed by atoms with Gasteiger partial charge in [0.05, 0.1) is 18.8 Å². The molecular weight excluding hydrogens is 711 g/mol. The predicted molar refractivity (Wildman–Crippen MR) is 257 cm³/mol. The molecule has 0 heterocycles. The third kappa shape index (κ3) is 43.9. The van der Waals surface area contributed by atoms with E-state index in [4.69, 9.17) is 0 Å². The summed E-state index contributed by atoms with van der Waals surface area (Å²) in [4.78, 5) is 12.3. The highest BCUT2D eigenvalue weighted by atomic mass is 16.3. The van der Waals surface area contributed by atoms with E-state index in [1.54, 1.807) is 0 Å².